The molecule has 2 aromatic heterocycles. The minimum absolute atomic E-state index is 0.261. The molecule has 0 saturated heterocycles. The minimum Gasteiger partial charge on any atom is -0.310 e. The predicted octanol–water partition coefficient (Wildman–Crippen LogP) is 20.6. The first-order valence-electron chi connectivity index (χ1n) is 27.8. The zero-order valence-corrected chi connectivity index (χ0v) is 44.5. The maximum absolute atomic E-state index is 2.60. The smallest absolute Gasteiger partial charge is 0.0542 e. The zero-order valence-electron chi connectivity index (χ0n) is 44.5. The van der Waals surface area contributed by atoms with Gasteiger partial charge in [0.1, 0.15) is 0 Å². The Labute approximate surface area is 458 Å². The van der Waals surface area contributed by atoms with Crippen LogP contribution in [0.1, 0.15) is 49.9 Å². The summed E-state index contributed by atoms with van der Waals surface area (Å²) in [5, 5.41) is 15.3. The second-order valence-electron chi connectivity index (χ2n) is 23.3. The molecular weight excluding hydrogens is 955 g/mol. The van der Waals surface area contributed by atoms with E-state index < -0.39 is 0 Å². The van der Waals surface area contributed by atoms with E-state index >= 15 is 0 Å². The van der Waals surface area contributed by atoms with Gasteiger partial charge in [-0.25, -0.2) is 0 Å². The van der Waals surface area contributed by atoms with Crippen LogP contribution in [0.25, 0.3) is 120 Å². The van der Waals surface area contributed by atoms with Crippen LogP contribution in [-0.4, -0.2) is 9.13 Å². The molecule has 3 nitrogen and oxygen atoms in total. The molecule has 1 aliphatic heterocycles. The van der Waals surface area contributed by atoms with Crippen molar-refractivity contribution in [3.63, 3.8) is 0 Å². The highest BCUT2D eigenvalue weighted by atomic mass is 15.2. The molecular formula is C76H53N3. The molecule has 0 radical (unpaired) electrons. The molecule has 2 aliphatic rings. The molecule has 17 rings (SSSR count). The Bertz CT molecular complexity index is 5130. The molecule has 13 aromatic carbocycles. The lowest BCUT2D eigenvalue weighted by molar-refractivity contribution is 0.628. The largest absolute Gasteiger partial charge is 0.310 e. The lowest BCUT2D eigenvalue weighted by Gasteiger charge is -2.43. The number of hydrogen-bond acceptors (Lipinski definition) is 1. The summed E-state index contributed by atoms with van der Waals surface area (Å²) in [6, 6.07) is 93.7. The van der Waals surface area contributed by atoms with Crippen molar-refractivity contribution in [1.29, 1.82) is 0 Å². The van der Waals surface area contributed by atoms with Crippen LogP contribution in [0.3, 0.4) is 0 Å². The van der Waals surface area contributed by atoms with Crippen molar-refractivity contribution in [3.05, 3.63) is 271 Å². The normalized spacial score (nSPS) is 14.3. The molecule has 0 atom stereocenters. The Kier molecular flexibility index (Phi) is 8.97. The fourth-order valence-electron chi connectivity index (χ4n) is 14.5. The molecule has 0 bridgehead atoms. The third-order valence-electron chi connectivity index (χ3n) is 18.4. The van der Waals surface area contributed by atoms with Crippen molar-refractivity contribution in [1.82, 2.24) is 9.13 Å². The van der Waals surface area contributed by atoms with Crippen LogP contribution >= 0.6 is 0 Å². The molecule has 15 aromatic rings. The maximum Gasteiger partial charge on any atom is 0.0542 e. The highest BCUT2D eigenvalue weighted by Gasteiger charge is 2.43. The van der Waals surface area contributed by atoms with Crippen LogP contribution in [0.2, 0.25) is 0 Å². The number of benzene rings is 13. The van der Waals surface area contributed by atoms with Crippen LogP contribution in [-0.2, 0) is 10.8 Å². The van der Waals surface area contributed by atoms with Gasteiger partial charge in [0.05, 0.1) is 33.4 Å². The first-order valence-corrected chi connectivity index (χ1v) is 27.8. The van der Waals surface area contributed by atoms with E-state index in [1.807, 2.05) is 0 Å². The monoisotopic (exact) mass is 1010 g/mol. The minimum atomic E-state index is -0.316. The van der Waals surface area contributed by atoms with Crippen molar-refractivity contribution in [3.8, 4) is 33.6 Å². The highest BCUT2D eigenvalue weighted by Crippen LogP contribution is 2.59. The van der Waals surface area contributed by atoms with Crippen LogP contribution < -0.4 is 4.90 Å². The van der Waals surface area contributed by atoms with E-state index in [0.717, 1.165) is 17.1 Å². The SMILES string of the molecule is CC1(C)c2cc3c(cc2-c2cc4c5ccccc5c5ccccc5c4cc21)C(C)(C)c1cc2ccccc2cc1N3c1ccc2c(c1)c1cc(-c3ccc4c(c3)c3ccccc3n4-c3ccccc3)ccc1n2-c1ccccc1. The summed E-state index contributed by atoms with van der Waals surface area (Å²) in [6.07, 6.45) is 0. The molecule has 79 heavy (non-hydrogen) atoms. The van der Waals surface area contributed by atoms with Crippen molar-refractivity contribution < 1.29 is 0 Å². The first kappa shape index (κ1) is 44.4. The topological polar surface area (TPSA) is 13.1 Å². The summed E-state index contributed by atoms with van der Waals surface area (Å²) in [5.41, 5.74) is 20.6. The van der Waals surface area contributed by atoms with E-state index in [0.29, 0.717) is 0 Å². The molecule has 0 spiro atoms. The number of rotatable bonds is 4. The van der Waals surface area contributed by atoms with E-state index in [1.54, 1.807) is 0 Å². The summed E-state index contributed by atoms with van der Waals surface area (Å²) in [7, 11) is 0. The summed E-state index contributed by atoms with van der Waals surface area (Å²) in [4.78, 5) is 2.60. The lowest BCUT2D eigenvalue weighted by atomic mass is 9.71. The number of para-hydroxylation sites is 3. The first-order chi connectivity index (χ1) is 38.7. The summed E-state index contributed by atoms with van der Waals surface area (Å²) >= 11 is 0. The summed E-state index contributed by atoms with van der Waals surface area (Å²) in [5.74, 6) is 0. The van der Waals surface area contributed by atoms with Crippen LogP contribution in [0.5, 0.6) is 0 Å². The van der Waals surface area contributed by atoms with Gasteiger partial charge in [0.25, 0.3) is 0 Å². The van der Waals surface area contributed by atoms with Crippen LogP contribution in [0, 0.1) is 0 Å². The highest BCUT2D eigenvalue weighted by molar-refractivity contribution is 6.26. The van der Waals surface area contributed by atoms with Gasteiger partial charge in [-0.3, -0.25) is 0 Å². The van der Waals surface area contributed by atoms with Gasteiger partial charge in [0, 0.05) is 49.4 Å². The standard InChI is InChI=1S/C76H53N3/c1-75(2)65-43-59-56-28-16-14-26-54(56)53-25-13-15-27-55(53)58(59)42-60(65)61-44-68-74(45-66(61)75)79(73-40-47-20-12-11-19-46(47)39-67(73)76(68,3)4)52-33-36-72-64(41-52)63-38-49(32-35-71(63)78(72)51-23-9-6-10-24-51)48-31-34-70-62(37-48)57-29-17-18-30-69(57)77(70)50-21-7-5-8-22-50/h5-45H,1-4H3. The summed E-state index contributed by atoms with van der Waals surface area (Å²) in [6.45, 7) is 9.78. The molecule has 3 heteroatoms. The predicted molar refractivity (Wildman–Crippen MR) is 335 cm³/mol. The Morgan fingerprint density at radius 2 is 0.671 bits per heavy atom. The fraction of sp³-hybridized carbons (Fsp3) is 0.0789. The Morgan fingerprint density at radius 1 is 0.253 bits per heavy atom. The number of fused-ring (bicyclic) bond motifs is 18. The van der Waals surface area contributed by atoms with Crippen LogP contribution in [0.4, 0.5) is 17.1 Å². The molecule has 0 amide bonds. The Balaban J connectivity index is 0.897. The molecule has 3 heterocycles. The average molecular weight is 1010 g/mol. The molecule has 0 N–H and O–H groups in total. The number of anilines is 3. The van der Waals surface area contributed by atoms with Gasteiger partial charge in [-0.15, -0.1) is 0 Å². The summed E-state index contributed by atoms with van der Waals surface area (Å²) < 4.78 is 4.85. The molecule has 1 aliphatic carbocycles. The van der Waals surface area contributed by atoms with Gasteiger partial charge in [-0.1, -0.05) is 167 Å². The lowest BCUT2D eigenvalue weighted by Crippen LogP contribution is -2.31. The number of aromatic nitrogens is 2. The van der Waals surface area contributed by atoms with Crippen molar-refractivity contribution >= 4 is 104 Å². The van der Waals surface area contributed by atoms with Gasteiger partial charge in [0.2, 0.25) is 0 Å². The Morgan fingerprint density at radius 3 is 1.29 bits per heavy atom. The molecule has 0 fully saturated rings. The number of hydrogen-bond donors (Lipinski definition) is 0. The second kappa shape index (κ2) is 15.9. The number of nitrogens with zero attached hydrogens (tertiary/aromatic N) is 3. The van der Waals surface area contributed by atoms with E-state index in [9.17, 15) is 0 Å². The van der Waals surface area contributed by atoms with Crippen LogP contribution in [0.15, 0.2) is 249 Å². The third-order valence-corrected chi connectivity index (χ3v) is 18.4. The second-order valence-corrected chi connectivity index (χ2v) is 23.3. The zero-order chi connectivity index (χ0) is 52.5. The van der Waals surface area contributed by atoms with Gasteiger partial charge in [-0.05, 0) is 197 Å². The van der Waals surface area contributed by atoms with Gasteiger partial charge in [-0.2, -0.15) is 0 Å². The molecule has 0 unspecified atom stereocenters. The van der Waals surface area contributed by atoms with E-state index in [2.05, 4.69) is 290 Å². The Hall–Kier alpha value is -9.70. The van der Waals surface area contributed by atoms with E-state index in [4.69, 9.17) is 0 Å². The van der Waals surface area contributed by atoms with Gasteiger partial charge < -0.3 is 14.0 Å². The molecule has 0 saturated carbocycles. The quantitative estimate of drug-likeness (QED) is 0.160. The average Bonchev–Trinajstić information content (AvgIpc) is 4.09. The van der Waals surface area contributed by atoms with E-state index in [1.165, 1.54) is 143 Å². The van der Waals surface area contributed by atoms with Gasteiger partial charge >= 0.3 is 0 Å². The van der Waals surface area contributed by atoms with E-state index in [-0.39, 0.29) is 10.8 Å². The molecule has 372 valence electrons. The maximum atomic E-state index is 2.60. The third kappa shape index (κ3) is 6.13. The van der Waals surface area contributed by atoms with Crippen molar-refractivity contribution in [2.75, 3.05) is 4.90 Å². The van der Waals surface area contributed by atoms with Gasteiger partial charge in [0.15, 0.2) is 0 Å². The van der Waals surface area contributed by atoms with Crippen molar-refractivity contribution in [2.45, 2.75) is 38.5 Å². The van der Waals surface area contributed by atoms with Crippen molar-refractivity contribution in [2.24, 2.45) is 0 Å². The fourth-order valence-corrected chi connectivity index (χ4v) is 14.5.